The lowest BCUT2D eigenvalue weighted by Gasteiger charge is -2.07. The van der Waals surface area contributed by atoms with E-state index in [1.165, 1.54) is 19.2 Å². The Balaban J connectivity index is 2.00. The molecule has 20 heavy (non-hydrogen) atoms. The molecular weight excluding hydrogens is 261 g/mol. The highest BCUT2D eigenvalue weighted by Crippen LogP contribution is 2.19. The molecule has 0 aromatic heterocycles. The molecule has 0 spiro atoms. The average Bonchev–Trinajstić information content (AvgIpc) is 2.48. The van der Waals surface area contributed by atoms with Crippen molar-refractivity contribution in [2.45, 2.75) is 6.61 Å². The summed E-state index contributed by atoms with van der Waals surface area (Å²) in [7, 11) is 1.33. The Kier molecular flexibility index (Phi) is 4.20. The summed E-state index contributed by atoms with van der Waals surface area (Å²) in [5.74, 6) is -0.504. The van der Waals surface area contributed by atoms with Gasteiger partial charge in [-0.15, -0.1) is 0 Å². The van der Waals surface area contributed by atoms with E-state index in [-0.39, 0.29) is 12.3 Å². The van der Waals surface area contributed by atoms with Crippen LogP contribution in [0, 0.1) is 5.82 Å². The van der Waals surface area contributed by atoms with Crippen LogP contribution in [0.4, 0.5) is 10.1 Å². The molecule has 5 heteroatoms. The summed E-state index contributed by atoms with van der Waals surface area (Å²) in [6.07, 6.45) is 0. The molecule has 2 aromatic carbocycles. The van der Waals surface area contributed by atoms with Gasteiger partial charge in [0.25, 0.3) is 0 Å². The third-order valence-electron chi connectivity index (χ3n) is 2.75. The van der Waals surface area contributed by atoms with Crippen molar-refractivity contribution in [3.05, 3.63) is 59.4 Å². The predicted octanol–water partition coefficient (Wildman–Crippen LogP) is 2.77. The number of ether oxygens (including phenoxy) is 2. The number of carbonyl (C=O) groups excluding carboxylic acids is 1. The zero-order chi connectivity index (χ0) is 14.5. The molecule has 0 saturated carbocycles. The Morgan fingerprint density at radius 1 is 1.20 bits per heavy atom. The lowest BCUT2D eigenvalue weighted by atomic mass is 10.1. The Bertz CT molecular complexity index is 611. The van der Waals surface area contributed by atoms with Crippen molar-refractivity contribution in [1.82, 2.24) is 0 Å². The van der Waals surface area contributed by atoms with Gasteiger partial charge < -0.3 is 15.2 Å². The molecule has 0 radical (unpaired) electrons. The molecule has 4 nitrogen and oxygen atoms in total. The minimum absolute atomic E-state index is 0.0831. The standard InChI is InChI=1S/C15H14FNO3/c1-19-15(18)11-4-2-10(3-5-11)9-20-12-6-7-14(17)13(16)8-12/h2-8H,9,17H2,1H3. The quantitative estimate of drug-likeness (QED) is 0.688. The third kappa shape index (κ3) is 3.26. The second-order valence-electron chi connectivity index (χ2n) is 4.16. The number of hydrogen-bond donors (Lipinski definition) is 1. The van der Waals surface area contributed by atoms with Gasteiger partial charge in [-0.3, -0.25) is 0 Å². The van der Waals surface area contributed by atoms with Gasteiger partial charge in [0.1, 0.15) is 18.2 Å². The SMILES string of the molecule is COC(=O)c1ccc(COc2ccc(N)c(F)c2)cc1. The normalized spacial score (nSPS) is 10.1. The predicted molar refractivity (Wildman–Crippen MR) is 72.9 cm³/mol. The first-order valence-electron chi connectivity index (χ1n) is 5.95. The van der Waals surface area contributed by atoms with Crippen LogP contribution >= 0.6 is 0 Å². The van der Waals surface area contributed by atoms with E-state index in [4.69, 9.17) is 10.5 Å². The highest BCUT2D eigenvalue weighted by atomic mass is 19.1. The van der Waals surface area contributed by atoms with Crippen molar-refractivity contribution in [1.29, 1.82) is 0 Å². The molecule has 0 saturated heterocycles. The van der Waals surface area contributed by atoms with Gasteiger partial charge in [0.05, 0.1) is 18.4 Å². The van der Waals surface area contributed by atoms with Crippen LogP contribution in [0.2, 0.25) is 0 Å². The van der Waals surface area contributed by atoms with Crippen molar-refractivity contribution in [2.75, 3.05) is 12.8 Å². The van der Waals surface area contributed by atoms with Crippen molar-refractivity contribution < 1.29 is 18.7 Å². The molecule has 0 unspecified atom stereocenters. The Labute approximate surface area is 115 Å². The Morgan fingerprint density at radius 2 is 1.90 bits per heavy atom. The van der Waals surface area contributed by atoms with Crippen LogP contribution in [0.1, 0.15) is 15.9 Å². The summed E-state index contributed by atoms with van der Waals surface area (Å²) in [4.78, 5) is 11.3. The second-order valence-corrected chi connectivity index (χ2v) is 4.16. The molecule has 0 fully saturated rings. The molecule has 2 aromatic rings. The van der Waals surface area contributed by atoms with Crippen LogP contribution < -0.4 is 10.5 Å². The molecule has 0 amide bonds. The van der Waals surface area contributed by atoms with E-state index in [1.54, 1.807) is 30.3 Å². The van der Waals surface area contributed by atoms with E-state index in [0.29, 0.717) is 11.3 Å². The van der Waals surface area contributed by atoms with Gasteiger partial charge >= 0.3 is 5.97 Å². The summed E-state index contributed by atoms with van der Waals surface area (Å²) in [5.41, 5.74) is 6.79. The monoisotopic (exact) mass is 275 g/mol. The molecule has 2 rings (SSSR count). The highest BCUT2D eigenvalue weighted by molar-refractivity contribution is 5.89. The van der Waals surface area contributed by atoms with Crippen LogP contribution in [0.15, 0.2) is 42.5 Å². The van der Waals surface area contributed by atoms with Crippen LogP contribution in [0.3, 0.4) is 0 Å². The molecular formula is C15H14FNO3. The largest absolute Gasteiger partial charge is 0.489 e. The maximum atomic E-state index is 13.2. The van der Waals surface area contributed by atoms with Crippen molar-refractivity contribution in [2.24, 2.45) is 0 Å². The maximum Gasteiger partial charge on any atom is 0.337 e. The van der Waals surface area contributed by atoms with E-state index in [1.807, 2.05) is 0 Å². The van der Waals surface area contributed by atoms with Crippen molar-refractivity contribution in [3.8, 4) is 5.75 Å². The summed E-state index contributed by atoms with van der Waals surface area (Å²) < 4.78 is 23.3. The van der Waals surface area contributed by atoms with E-state index in [2.05, 4.69) is 4.74 Å². The van der Waals surface area contributed by atoms with E-state index >= 15 is 0 Å². The Morgan fingerprint density at radius 3 is 2.50 bits per heavy atom. The first-order valence-corrected chi connectivity index (χ1v) is 5.95. The molecule has 0 heterocycles. The van der Waals surface area contributed by atoms with Gasteiger partial charge in [0.2, 0.25) is 0 Å². The third-order valence-corrected chi connectivity index (χ3v) is 2.75. The summed E-state index contributed by atoms with van der Waals surface area (Å²) >= 11 is 0. The minimum Gasteiger partial charge on any atom is -0.489 e. The minimum atomic E-state index is -0.511. The van der Waals surface area contributed by atoms with E-state index in [9.17, 15) is 9.18 Å². The number of nitrogen functional groups attached to an aromatic ring is 1. The van der Waals surface area contributed by atoms with Gasteiger partial charge in [-0.05, 0) is 29.8 Å². The summed E-state index contributed by atoms with van der Waals surface area (Å²) in [6.45, 7) is 0.269. The molecule has 0 atom stereocenters. The van der Waals surface area contributed by atoms with Crippen LogP contribution in [0.25, 0.3) is 0 Å². The topological polar surface area (TPSA) is 61.5 Å². The van der Waals surface area contributed by atoms with Gasteiger partial charge in [-0.2, -0.15) is 0 Å². The number of anilines is 1. The number of esters is 1. The lowest BCUT2D eigenvalue weighted by molar-refractivity contribution is 0.0600. The number of methoxy groups -OCH3 is 1. The first-order chi connectivity index (χ1) is 9.60. The van der Waals surface area contributed by atoms with Gasteiger partial charge in [-0.25, -0.2) is 9.18 Å². The fourth-order valence-electron chi connectivity index (χ4n) is 1.62. The number of halogens is 1. The van der Waals surface area contributed by atoms with Crippen molar-refractivity contribution in [3.63, 3.8) is 0 Å². The molecule has 104 valence electrons. The average molecular weight is 275 g/mol. The zero-order valence-electron chi connectivity index (χ0n) is 10.9. The van der Waals surface area contributed by atoms with Crippen LogP contribution in [0.5, 0.6) is 5.75 Å². The van der Waals surface area contributed by atoms with Crippen LogP contribution in [-0.4, -0.2) is 13.1 Å². The number of carbonyl (C=O) groups is 1. The number of benzene rings is 2. The van der Waals surface area contributed by atoms with Gasteiger partial charge in [0.15, 0.2) is 0 Å². The fraction of sp³-hybridized carbons (Fsp3) is 0.133. The molecule has 0 aliphatic rings. The number of hydrogen-bond acceptors (Lipinski definition) is 4. The molecule has 0 bridgehead atoms. The van der Waals surface area contributed by atoms with Gasteiger partial charge in [-0.1, -0.05) is 12.1 Å². The first kappa shape index (κ1) is 13.9. The summed E-state index contributed by atoms with van der Waals surface area (Å²) in [5, 5.41) is 0. The zero-order valence-corrected chi connectivity index (χ0v) is 10.9. The van der Waals surface area contributed by atoms with Crippen LogP contribution in [-0.2, 0) is 11.3 Å². The molecule has 2 N–H and O–H groups in total. The van der Waals surface area contributed by atoms with Gasteiger partial charge in [0, 0.05) is 6.07 Å². The maximum absolute atomic E-state index is 13.2. The second kappa shape index (κ2) is 6.06. The summed E-state index contributed by atoms with van der Waals surface area (Å²) in [6, 6.07) is 11.1. The van der Waals surface area contributed by atoms with Crippen molar-refractivity contribution >= 4 is 11.7 Å². The van der Waals surface area contributed by atoms with E-state index < -0.39 is 11.8 Å². The lowest BCUT2D eigenvalue weighted by Crippen LogP contribution is -2.02. The molecule has 0 aliphatic carbocycles. The highest BCUT2D eigenvalue weighted by Gasteiger charge is 2.05. The van der Waals surface area contributed by atoms with E-state index in [0.717, 1.165) is 5.56 Å². The smallest absolute Gasteiger partial charge is 0.337 e. The molecule has 0 aliphatic heterocycles. The number of rotatable bonds is 4. The fourth-order valence-corrected chi connectivity index (χ4v) is 1.62. The Hall–Kier alpha value is -2.56. The number of nitrogens with two attached hydrogens (primary N) is 1.